The number of aryl methyl sites for hydroxylation is 1. The first-order valence-electron chi connectivity index (χ1n) is 8.38. The van der Waals surface area contributed by atoms with Gasteiger partial charge in [-0.25, -0.2) is 0 Å². The SMILES string of the molecule is Cc1ccc(S(=O)(=O)O)cc1.FC(F)(F)Oc1ccc(C2CNC2)cc1C(F)(F)F. The molecule has 2 aromatic carbocycles. The molecule has 0 aliphatic carbocycles. The molecule has 30 heavy (non-hydrogen) atoms. The van der Waals surface area contributed by atoms with Gasteiger partial charge in [0, 0.05) is 19.0 Å². The molecule has 0 aromatic heterocycles. The third-order valence-electron chi connectivity index (χ3n) is 4.11. The summed E-state index contributed by atoms with van der Waals surface area (Å²) >= 11 is 0. The van der Waals surface area contributed by atoms with Crippen LogP contribution in [0.2, 0.25) is 0 Å². The molecule has 0 amide bonds. The summed E-state index contributed by atoms with van der Waals surface area (Å²) in [4.78, 5) is -0.0666. The van der Waals surface area contributed by atoms with Gasteiger partial charge < -0.3 is 10.1 Å². The molecular weight excluding hydrogens is 440 g/mol. The average molecular weight is 457 g/mol. The summed E-state index contributed by atoms with van der Waals surface area (Å²) in [6, 6.07) is 8.64. The average Bonchev–Trinajstić information content (AvgIpc) is 2.52. The van der Waals surface area contributed by atoms with Crippen molar-refractivity contribution in [2.45, 2.75) is 30.3 Å². The molecular formula is C18H17F6NO4S. The predicted molar refractivity (Wildman–Crippen MR) is 94.7 cm³/mol. The first kappa shape index (κ1) is 24.0. The van der Waals surface area contributed by atoms with E-state index in [-0.39, 0.29) is 10.8 Å². The van der Waals surface area contributed by atoms with E-state index in [0.717, 1.165) is 5.56 Å². The highest BCUT2D eigenvalue weighted by Crippen LogP contribution is 2.40. The van der Waals surface area contributed by atoms with Gasteiger partial charge in [-0.2, -0.15) is 21.6 Å². The van der Waals surface area contributed by atoms with E-state index in [2.05, 4.69) is 10.1 Å². The Morgan fingerprint density at radius 1 is 1.00 bits per heavy atom. The zero-order valence-electron chi connectivity index (χ0n) is 15.4. The molecule has 0 unspecified atom stereocenters. The van der Waals surface area contributed by atoms with Gasteiger partial charge in [-0.1, -0.05) is 23.8 Å². The Balaban J connectivity index is 0.000000248. The normalized spacial score (nSPS) is 15.1. The largest absolute Gasteiger partial charge is 0.573 e. The van der Waals surface area contributed by atoms with Crippen molar-refractivity contribution in [1.82, 2.24) is 5.32 Å². The molecule has 2 aromatic rings. The highest BCUT2D eigenvalue weighted by Gasteiger charge is 2.40. The molecule has 1 fully saturated rings. The van der Waals surface area contributed by atoms with Gasteiger partial charge in [0.1, 0.15) is 5.75 Å². The Morgan fingerprint density at radius 3 is 1.97 bits per heavy atom. The zero-order chi connectivity index (χ0) is 22.7. The molecule has 0 saturated carbocycles. The van der Waals surface area contributed by atoms with E-state index in [4.69, 9.17) is 4.55 Å². The van der Waals surface area contributed by atoms with E-state index in [1.807, 2.05) is 6.92 Å². The maximum atomic E-state index is 12.7. The topological polar surface area (TPSA) is 75.6 Å². The van der Waals surface area contributed by atoms with Crippen LogP contribution in [0.5, 0.6) is 5.75 Å². The third-order valence-corrected chi connectivity index (χ3v) is 4.97. The summed E-state index contributed by atoms with van der Waals surface area (Å²) < 4.78 is 107. The first-order chi connectivity index (χ1) is 13.7. The lowest BCUT2D eigenvalue weighted by atomic mass is 9.92. The monoisotopic (exact) mass is 457 g/mol. The van der Waals surface area contributed by atoms with Crippen LogP contribution >= 0.6 is 0 Å². The van der Waals surface area contributed by atoms with Gasteiger partial charge in [-0.15, -0.1) is 13.2 Å². The second-order valence-electron chi connectivity index (χ2n) is 6.44. The summed E-state index contributed by atoms with van der Waals surface area (Å²) in [5.41, 5.74) is -0.104. The number of ether oxygens (including phenoxy) is 1. The van der Waals surface area contributed by atoms with E-state index < -0.39 is 34.0 Å². The van der Waals surface area contributed by atoms with Crippen molar-refractivity contribution in [1.29, 1.82) is 0 Å². The Hall–Kier alpha value is -2.31. The number of rotatable bonds is 3. The van der Waals surface area contributed by atoms with Crippen molar-refractivity contribution < 1.29 is 44.0 Å². The molecule has 5 nitrogen and oxygen atoms in total. The Kier molecular flexibility index (Phi) is 7.05. The fourth-order valence-electron chi connectivity index (χ4n) is 2.47. The molecule has 0 spiro atoms. The molecule has 1 aliphatic rings. The quantitative estimate of drug-likeness (QED) is 0.523. The van der Waals surface area contributed by atoms with E-state index in [1.165, 1.54) is 18.2 Å². The summed E-state index contributed by atoms with van der Waals surface area (Å²) in [5.74, 6) is -1.34. The number of alkyl halides is 6. The van der Waals surface area contributed by atoms with Crippen LogP contribution < -0.4 is 10.1 Å². The third kappa shape index (κ3) is 6.89. The summed E-state index contributed by atoms with van der Waals surface area (Å²) in [7, 11) is -4.02. The molecule has 12 heteroatoms. The minimum absolute atomic E-state index is 0.0666. The highest BCUT2D eigenvalue weighted by atomic mass is 32.2. The molecule has 0 bridgehead atoms. The lowest BCUT2D eigenvalue weighted by molar-refractivity contribution is -0.276. The lowest BCUT2D eigenvalue weighted by Crippen LogP contribution is -2.40. The number of benzene rings is 2. The van der Waals surface area contributed by atoms with E-state index in [9.17, 15) is 34.8 Å². The van der Waals surface area contributed by atoms with Crippen LogP contribution in [0.3, 0.4) is 0 Å². The standard InChI is InChI=1S/C11H9F6NO.C7H8O3S/c12-10(13,14)8-3-6(7-4-18-5-7)1-2-9(8)19-11(15,16)17;1-6-2-4-7(5-3-6)11(8,9)10/h1-3,7,18H,4-5H2;2-5H,1H3,(H,8,9,10). The van der Waals surface area contributed by atoms with Crippen molar-refractivity contribution >= 4 is 10.1 Å². The van der Waals surface area contributed by atoms with Crippen LogP contribution in [0.15, 0.2) is 47.4 Å². The molecule has 3 rings (SSSR count). The van der Waals surface area contributed by atoms with Crippen LogP contribution in [0.25, 0.3) is 0 Å². The highest BCUT2D eigenvalue weighted by molar-refractivity contribution is 7.85. The first-order valence-corrected chi connectivity index (χ1v) is 9.82. The molecule has 0 radical (unpaired) electrons. The number of nitrogens with one attached hydrogen (secondary N) is 1. The van der Waals surface area contributed by atoms with E-state index in [0.29, 0.717) is 30.8 Å². The van der Waals surface area contributed by atoms with Crippen molar-refractivity contribution in [3.8, 4) is 5.75 Å². The van der Waals surface area contributed by atoms with Gasteiger partial charge in [-0.05, 0) is 36.8 Å². The van der Waals surface area contributed by atoms with Crippen LogP contribution in [0.4, 0.5) is 26.3 Å². The fraction of sp³-hybridized carbons (Fsp3) is 0.333. The Bertz CT molecular complexity index is 968. The number of halogens is 6. The van der Waals surface area contributed by atoms with Crippen molar-refractivity contribution in [2.24, 2.45) is 0 Å². The minimum Gasteiger partial charge on any atom is -0.405 e. The smallest absolute Gasteiger partial charge is 0.405 e. The van der Waals surface area contributed by atoms with Gasteiger partial charge in [0.25, 0.3) is 10.1 Å². The van der Waals surface area contributed by atoms with Gasteiger partial charge in [0.05, 0.1) is 10.5 Å². The van der Waals surface area contributed by atoms with Crippen LogP contribution in [0.1, 0.15) is 22.6 Å². The molecule has 2 N–H and O–H groups in total. The van der Waals surface area contributed by atoms with Crippen LogP contribution in [-0.4, -0.2) is 32.4 Å². The van der Waals surface area contributed by atoms with Crippen molar-refractivity contribution in [2.75, 3.05) is 13.1 Å². The molecule has 0 atom stereocenters. The Labute approximate surface area is 168 Å². The van der Waals surface area contributed by atoms with Crippen LogP contribution in [-0.2, 0) is 16.3 Å². The summed E-state index contributed by atoms with van der Waals surface area (Å²) in [6.07, 6.45) is -10.0. The molecule has 1 heterocycles. The van der Waals surface area contributed by atoms with Gasteiger partial charge >= 0.3 is 12.5 Å². The van der Waals surface area contributed by atoms with Crippen LogP contribution in [0, 0.1) is 6.92 Å². The van der Waals surface area contributed by atoms with E-state index >= 15 is 0 Å². The second-order valence-corrected chi connectivity index (χ2v) is 7.87. The molecule has 1 aliphatic heterocycles. The molecule has 166 valence electrons. The lowest BCUT2D eigenvalue weighted by Gasteiger charge is -2.28. The fourth-order valence-corrected chi connectivity index (χ4v) is 2.95. The maximum absolute atomic E-state index is 12.7. The number of hydrogen-bond donors (Lipinski definition) is 2. The van der Waals surface area contributed by atoms with Gasteiger partial charge in [0.15, 0.2) is 0 Å². The molecule has 1 saturated heterocycles. The van der Waals surface area contributed by atoms with Crippen molar-refractivity contribution in [3.63, 3.8) is 0 Å². The summed E-state index contributed by atoms with van der Waals surface area (Å²) in [6.45, 7) is 2.86. The second kappa shape index (κ2) is 8.82. The van der Waals surface area contributed by atoms with Gasteiger partial charge in [0.2, 0.25) is 0 Å². The van der Waals surface area contributed by atoms with Gasteiger partial charge in [-0.3, -0.25) is 4.55 Å². The predicted octanol–water partition coefficient (Wildman–Crippen LogP) is 4.53. The van der Waals surface area contributed by atoms with E-state index in [1.54, 1.807) is 12.1 Å². The summed E-state index contributed by atoms with van der Waals surface area (Å²) in [5, 5.41) is 2.88. The maximum Gasteiger partial charge on any atom is 0.573 e. The zero-order valence-corrected chi connectivity index (χ0v) is 16.2. The Morgan fingerprint density at radius 2 is 1.57 bits per heavy atom. The minimum atomic E-state index is -5.15. The van der Waals surface area contributed by atoms with Crippen molar-refractivity contribution in [3.05, 3.63) is 59.2 Å². The number of hydrogen-bond acceptors (Lipinski definition) is 4.